The van der Waals surface area contributed by atoms with Crippen LogP contribution < -0.4 is 62.3 Å². The maximum Gasteiger partial charge on any atom is 1.00 e. The molecule has 0 aliphatic heterocycles. The van der Waals surface area contributed by atoms with E-state index in [4.69, 9.17) is 56.3 Å². The molecule has 6 rings (SSSR count). The van der Waals surface area contributed by atoms with E-state index >= 15 is 0 Å². The Balaban J connectivity index is -0.000000432. The topological polar surface area (TPSA) is 376 Å². The molecule has 24 nitrogen and oxygen atoms in total. The summed E-state index contributed by atoms with van der Waals surface area (Å²) in [5.41, 5.74) is 33.5. The third-order valence-corrected chi connectivity index (χ3v) is 22.9. The molecule has 26 heteroatoms. The molecule has 5 aliphatic rings. The molecule has 0 heterocycles. The van der Waals surface area contributed by atoms with Crippen LogP contribution >= 0.6 is 0 Å². The molecule has 0 bridgehead atoms. The van der Waals surface area contributed by atoms with E-state index in [1.165, 1.54) is 165 Å². The van der Waals surface area contributed by atoms with Crippen molar-refractivity contribution in [2.24, 2.45) is 58.0 Å². The molecule has 114 heavy (non-hydrogen) atoms. The second-order valence-corrected chi connectivity index (χ2v) is 37.4. The molecule has 0 radical (unpaired) electrons. The quantitative estimate of drug-likeness (QED) is 0.0102. The Labute approximate surface area is 719 Å². The minimum Gasteiger partial charge on any atom is -0.444 e. The smallest absolute Gasteiger partial charge is 0.444 e. The number of rotatable bonds is 28. The Morgan fingerprint density at radius 3 is 1.02 bits per heavy atom. The summed E-state index contributed by atoms with van der Waals surface area (Å²) < 4.78 is 52.9. The number of carbonyl (C=O) groups is 4. The fraction of sp³-hybridized carbons (Fsp3) is 0.886. The van der Waals surface area contributed by atoms with Gasteiger partial charge in [-0.3, -0.25) is 9.09 Å². The van der Waals surface area contributed by atoms with Crippen molar-refractivity contribution >= 4 is 34.5 Å². The zero-order valence-corrected chi connectivity index (χ0v) is 76.7. The molecule has 1 unspecified atom stereocenters. The maximum atomic E-state index is 12.9. The van der Waals surface area contributed by atoms with Crippen LogP contribution in [-0.2, 0) is 33.2 Å². The van der Waals surface area contributed by atoms with E-state index in [2.05, 4.69) is 65.9 Å². The number of hydrogen-bond donors (Lipinski definition) is 7. The zero-order chi connectivity index (χ0) is 83.7. The van der Waals surface area contributed by atoms with Crippen LogP contribution in [0.4, 0.5) is 19.2 Å². The summed E-state index contributed by atoms with van der Waals surface area (Å²) in [5, 5.41) is 22.8. The van der Waals surface area contributed by atoms with Crippen LogP contribution in [0.1, 0.15) is 384 Å². The molecule has 5 fully saturated rings. The van der Waals surface area contributed by atoms with Gasteiger partial charge in [0.1, 0.15) is 22.4 Å². The number of nitrogens with two attached hydrogens (primary N) is 2. The summed E-state index contributed by atoms with van der Waals surface area (Å²) >= 11 is 0. The Morgan fingerprint density at radius 2 is 0.728 bits per heavy atom. The molecule has 9 N–H and O–H groups in total. The van der Waals surface area contributed by atoms with Crippen LogP contribution in [0.25, 0.3) is 26.4 Å². The average Bonchev–Trinajstić information content (AvgIpc) is 0.822. The number of amides is 4. The summed E-state index contributed by atoms with van der Waals surface area (Å²) in [4.78, 5) is 53.0. The van der Waals surface area contributed by atoms with Crippen molar-refractivity contribution in [3.63, 3.8) is 0 Å². The van der Waals surface area contributed by atoms with E-state index in [9.17, 15) is 27.6 Å². The molecule has 4 amide bonds. The summed E-state index contributed by atoms with van der Waals surface area (Å²) in [6, 6.07) is 6.51. The van der Waals surface area contributed by atoms with Gasteiger partial charge < -0.3 is 67.9 Å². The molecular weight excluding hydrogens is 1470 g/mol. The third-order valence-electron chi connectivity index (χ3n) is 21.6. The van der Waals surface area contributed by atoms with Crippen LogP contribution in [0.5, 0.6) is 0 Å². The summed E-state index contributed by atoms with van der Waals surface area (Å²) in [5.74, 6) is 4.66. The molecule has 664 valence electrons. The zero-order valence-electron chi connectivity index (χ0n) is 73.9. The average molecular weight is 1650 g/mol. The first-order valence-corrected chi connectivity index (χ1v) is 44.0. The van der Waals surface area contributed by atoms with Crippen molar-refractivity contribution in [1.29, 1.82) is 0 Å². The Morgan fingerprint density at radius 1 is 0.447 bits per heavy atom. The number of carbonyl (C=O) groups excluding carboxylic acids is 4. The van der Waals surface area contributed by atoms with Gasteiger partial charge in [0.05, 0.1) is 23.1 Å². The van der Waals surface area contributed by atoms with Crippen molar-refractivity contribution in [3.8, 4) is 0 Å². The van der Waals surface area contributed by atoms with Gasteiger partial charge in [0.25, 0.3) is 10.1 Å². The van der Waals surface area contributed by atoms with E-state index in [1.807, 2.05) is 83.1 Å². The monoisotopic (exact) mass is 1650 g/mol. The molecule has 0 saturated heterocycles. The van der Waals surface area contributed by atoms with Crippen LogP contribution in [0.15, 0.2) is 34.3 Å². The van der Waals surface area contributed by atoms with Crippen LogP contribution in [0.2, 0.25) is 0 Å². The molecular formula is C88H173N12NaO12S. The predicted octanol–water partition coefficient (Wildman–Crippen LogP) is 21.5. The maximum absolute atomic E-state index is 12.9. The molecule has 1 aromatic carbocycles. The molecule has 10 atom stereocenters. The van der Waals surface area contributed by atoms with Gasteiger partial charge in [-0.05, 0) is 200 Å². The van der Waals surface area contributed by atoms with Gasteiger partial charge >= 0.3 is 53.9 Å². The van der Waals surface area contributed by atoms with Crippen molar-refractivity contribution in [1.82, 2.24) is 21.3 Å². The summed E-state index contributed by atoms with van der Waals surface area (Å²) in [6.45, 7) is 39.1. The van der Waals surface area contributed by atoms with Crippen LogP contribution in [0, 0.1) is 48.3 Å². The van der Waals surface area contributed by atoms with Gasteiger partial charge in [0.15, 0.2) is 0 Å². The number of benzene rings is 1. The SMILES string of the molecule is C.C.C.CCC(OS(=O)(=O)c1ccc(C)cc1)[C@H](CC1CCCCC1)NC(=O)OC(C)(C)C.CC[C@@H](C)[C@@H](N)CC1CCCCC1.CC[C@@H](C)[C@H](CC1CCCCC1)NC(=O)OC(C)(C)C.CC[C@@H](N)[C@H](CC1CCCCC1)NC(=O)OC(C)(C)C.CC[C@@H](N=[N+]=[N-])[C@H](CC1CCCCC1)NC(=O)OC(C)(C)C.CO.[N-]=[N+]=[N-].[Na+]. The summed E-state index contributed by atoms with van der Waals surface area (Å²) in [7, 11) is -2.94. The van der Waals surface area contributed by atoms with E-state index < -0.39 is 56.9 Å². The second kappa shape index (κ2) is 64.6. The normalized spacial score (nSPS) is 18.4. The van der Waals surface area contributed by atoms with Gasteiger partial charge in [-0.1, -0.05) is 267 Å². The fourth-order valence-corrected chi connectivity index (χ4v) is 16.3. The first-order chi connectivity index (χ1) is 51.6. The molecule has 5 saturated carbocycles. The number of nitrogens with one attached hydrogen (secondary N) is 4. The number of aryl methyl sites for hydroxylation is 1. The van der Waals surface area contributed by atoms with Gasteiger partial charge in [-0.25, -0.2) is 19.2 Å². The number of aliphatic hydroxyl groups is 1. The standard InChI is InChI=1S/C23H37NO5S.C17H33NO2.C16H30N4O2.C16H32N2O2.C12H25N.CH4O.3CH4.N3.Na/c1-6-21(29-30(26,27)19-14-12-17(2)13-15-19)20(16-18-10-8-7-9-11-18)24-22(25)28-23(3,4)5;1-6-13(2)15(12-14-10-8-7-9-11-14)18-16(19)20-17(3,4)5;1-5-13(19-20-17)14(11-12-9-7-6-8-10-12)18-15(21)22-16(2,3)4;1-5-13(17)14(11-12-9-7-6-8-10-12)18-15(19)20-16(2,3)4;1-3-10(2)12(13)9-11-7-5-4-6-8-11;1-2;;;;1-3-2;/h12-15,18,20-21H,6-11,16H2,1-5H3,(H,24,25);13-15H,6-12H2,1-5H3,(H,18,19);12-14H,5-11H2,1-4H3,(H,18,21);12-14H,5-11,17H2,1-4H3,(H,18,19);10-12H,3-9,13H2,1-2H3;2H,1H3;3*1H4;;/q;;;;;;;;;-1;+1/t20-,21?;13-,15+;2*13-,14+;10-,12+;;;;;;/m01111....../s1. The number of nitrogens with zero attached hydrogens (tertiary/aromatic N) is 6. The second-order valence-electron chi connectivity index (χ2n) is 35.8. The van der Waals surface area contributed by atoms with Crippen molar-refractivity contribution < 1.29 is 85.4 Å². The molecule has 0 aromatic heterocycles. The first kappa shape index (κ1) is 118. The minimum atomic E-state index is -3.94. The predicted molar refractivity (Wildman–Crippen MR) is 469 cm³/mol. The number of azide groups is 1. The summed E-state index contributed by atoms with van der Waals surface area (Å²) in [6.07, 6.45) is 39.4. The first-order valence-electron chi connectivity index (χ1n) is 42.6. The Hall–Kier alpha value is -4.29. The van der Waals surface area contributed by atoms with E-state index in [0.717, 1.165) is 69.5 Å². The van der Waals surface area contributed by atoms with Gasteiger partial charge in [-0.15, -0.1) is 0 Å². The van der Waals surface area contributed by atoms with Gasteiger partial charge in [-0.2, -0.15) is 8.42 Å². The molecule has 1 aromatic rings. The third kappa shape index (κ3) is 57.8. The van der Waals surface area contributed by atoms with Crippen LogP contribution in [0.3, 0.4) is 0 Å². The van der Waals surface area contributed by atoms with Crippen molar-refractivity contribution in [3.05, 3.63) is 56.2 Å². The largest absolute Gasteiger partial charge is 1.00 e. The fourth-order valence-electron chi connectivity index (χ4n) is 15.1. The number of aliphatic hydroxyl groups excluding tert-OH is 1. The van der Waals surface area contributed by atoms with E-state index in [0.29, 0.717) is 54.9 Å². The Bertz CT molecular complexity index is 2740. The van der Waals surface area contributed by atoms with Crippen LogP contribution in [-0.4, -0.2) is 116 Å². The molecule has 5 aliphatic carbocycles. The van der Waals surface area contributed by atoms with E-state index in [-0.39, 0.29) is 99.1 Å². The van der Waals surface area contributed by atoms with Crippen molar-refractivity contribution in [2.45, 2.75) is 461 Å². The number of alkyl carbamates (subject to hydrolysis) is 4. The van der Waals surface area contributed by atoms with Crippen molar-refractivity contribution in [2.75, 3.05) is 7.11 Å². The van der Waals surface area contributed by atoms with E-state index in [1.54, 1.807) is 45.0 Å². The van der Waals surface area contributed by atoms with Gasteiger partial charge in [0, 0.05) is 42.2 Å². The minimum absolute atomic E-state index is 0. The molecule has 0 spiro atoms. The number of hydrogen-bond acceptors (Lipinski definition) is 15. The van der Waals surface area contributed by atoms with Gasteiger partial charge in [0.2, 0.25) is 0 Å². The Kier molecular flexibility index (Phi) is 67.0. The number of ether oxygens (including phenoxy) is 4.